The molecule has 0 radical (unpaired) electrons. The molecule has 0 unspecified atom stereocenters. The molecule has 0 saturated heterocycles. The molecule has 3 aromatic rings. The van der Waals surface area contributed by atoms with Gasteiger partial charge in [-0.25, -0.2) is 0 Å². The predicted octanol–water partition coefficient (Wildman–Crippen LogP) is 3.82. The number of amides is 1. The monoisotopic (exact) mass is 334 g/mol. The first-order valence-electron chi connectivity index (χ1n) is 7.22. The molecule has 2 heterocycles. The SMILES string of the molecule is O=C(NCCc1cc2ccccc2o1)c1ccc(C(F)(F)F)nc1. The van der Waals surface area contributed by atoms with Gasteiger partial charge in [0.2, 0.25) is 0 Å². The van der Waals surface area contributed by atoms with Crippen molar-refractivity contribution in [1.82, 2.24) is 10.3 Å². The highest BCUT2D eigenvalue weighted by Crippen LogP contribution is 2.27. The number of nitrogens with zero attached hydrogens (tertiary/aromatic N) is 1. The molecule has 0 spiro atoms. The molecule has 0 bridgehead atoms. The lowest BCUT2D eigenvalue weighted by molar-refractivity contribution is -0.141. The van der Waals surface area contributed by atoms with E-state index >= 15 is 0 Å². The fourth-order valence-corrected chi connectivity index (χ4v) is 2.26. The molecule has 0 fully saturated rings. The third-order valence-corrected chi connectivity index (χ3v) is 3.45. The van der Waals surface area contributed by atoms with E-state index in [0.29, 0.717) is 13.0 Å². The molecule has 1 N–H and O–H groups in total. The molecule has 0 atom stereocenters. The summed E-state index contributed by atoms with van der Waals surface area (Å²) < 4.78 is 42.9. The number of alkyl halides is 3. The van der Waals surface area contributed by atoms with Gasteiger partial charge in [0, 0.05) is 24.5 Å². The maximum atomic E-state index is 12.4. The number of furan rings is 1. The van der Waals surface area contributed by atoms with Gasteiger partial charge in [-0.2, -0.15) is 13.2 Å². The van der Waals surface area contributed by atoms with E-state index in [9.17, 15) is 18.0 Å². The summed E-state index contributed by atoms with van der Waals surface area (Å²) in [5.41, 5.74) is -0.181. The number of benzene rings is 1. The number of pyridine rings is 1. The third kappa shape index (κ3) is 3.56. The molecule has 4 nitrogen and oxygen atoms in total. The first kappa shape index (κ1) is 16.0. The highest BCUT2D eigenvalue weighted by atomic mass is 19.4. The second kappa shape index (κ2) is 6.35. The fraction of sp³-hybridized carbons (Fsp3) is 0.176. The van der Waals surface area contributed by atoms with Gasteiger partial charge in [0.05, 0.1) is 5.56 Å². The van der Waals surface area contributed by atoms with Crippen LogP contribution < -0.4 is 5.32 Å². The Bertz CT molecular complexity index is 821. The number of fused-ring (bicyclic) bond motifs is 1. The number of para-hydroxylation sites is 1. The number of carbonyl (C=O) groups is 1. The molecule has 0 aliphatic heterocycles. The van der Waals surface area contributed by atoms with Crippen molar-refractivity contribution in [3.63, 3.8) is 0 Å². The Labute approximate surface area is 135 Å². The Morgan fingerprint density at radius 2 is 1.96 bits per heavy atom. The minimum Gasteiger partial charge on any atom is -0.461 e. The number of hydrogen-bond donors (Lipinski definition) is 1. The molecular formula is C17H13F3N2O2. The Morgan fingerprint density at radius 3 is 2.62 bits per heavy atom. The lowest BCUT2D eigenvalue weighted by Gasteiger charge is -2.07. The molecule has 0 aliphatic carbocycles. The van der Waals surface area contributed by atoms with Crippen LogP contribution in [0.25, 0.3) is 11.0 Å². The smallest absolute Gasteiger partial charge is 0.433 e. The first-order valence-corrected chi connectivity index (χ1v) is 7.22. The Morgan fingerprint density at radius 1 is 1.17 bits per heavy atom. The quantitative estimate of drug-likeness (QED) is 0.789. The average molecular weight is 334 g/mol. The molecule has 1 aromatic carbocycles. The van der Waals surface area contributed by atoms with Gasteiger partial charge in [0.15, 0.2) is 0 Å². The second-order valence-corrected chi connectivity index (χ2v) is 5.19. The van der Waals surface area contributed by atoms with E-state index in [1.165, 1.54) is 0 Å². The number of nitrogens with one attached hydrogen (secondary N) is 1. The lowest BCUT2D eigenvalue weighted by Crippen LogP contribution is -2.26. The van der Waals surface area contributed by atoms with Crippen molar-refractivity contribution in [2.75, 3.05) is 6.54 Å². The van der Waals surface area contributed by atoms with E-state index in [4.69, 9.17) is 4.42 Å². The fourth-order valence-electron chi connectivity index (χ4n) is 2.26. The van der Waals surface area contributed by atoms with E-state index in [1.807, 2.05) is 30.3 Å². The second-order valence-electron chi connectivity index (χ2n) is 5.19. The molecule has 0 saturated carbocycles. The molecule has 1 amide bonds. The zero-order valence-electron chi connectivity index (χ0n) is 12.4. The lowest BCUT2D eigenvalue weighted by atomic mass is 10.2. The highest BCUT2D eigenvalue weighted by Gasteiger charge is 2.32. The predicted molar refractivity (Wildman–Crippen MR) is 81.5 cm³/mol. The van der Waals surface area contributed by atoms with Crippen molar-refractivity contribution in [2.24, 2.45) is 0 Å². The Hall–Kier alpha value is -2.83. The number of rotatable bonds is 4. The summed E-state index contributed by atoms with van der Waals surface area (Å²) in [6.07, 6.45) is -3.12. The van der Waals surface area contributed by atoms with Crippen molar-refractivity contribution in [1.29, 1.82) is 0 Å². The van der Waals surface area contributed by atoms with Crippen molar-refractivity contribution < 1.29 is 22.4 Å². The van der Waals surface area contributed by atoms with Crippen LogP contribution in [-0.4, -0.2) is 17.4 Å². The van der Waals surface area contributed by atoms with Crippen LogP contribution >= 0.6 is 0 Å². The summed E-state index contributed by atoms with van der Waals surface area (Å²) >= 11 is 0. The largest absolute Gasteiger partial charge is 0.461 e. The summed E-state index contributed by atoms with van der Waals surface area (Å²) in [6, 6.07) is 11.3. The van der Waals surface area contributed by atoms with Crippen molar-refractivity contribution in [3.8, 4) is 0 Å². The van der Waals surface area contributed by atoms with Crippen LogP contribution in [0.2, 0.25) is 0 Å². The number of carbonyl (C=O) groups excluding carboxylic acids is 1. The Kier molecular flexibility index (Phi) is 4.24. The number of hydrogen-bond acceptors (Lipinski definition) is 3. The summed E-state index contributed by atoms with van der Waals surface area (Å²) in [5.74, 6) is 0.245. The Balaban J connectivity index is 1.57. The summed E-state index contributed by atoms with van der Waals surface area (Å²) in [5, 5.41) is 3.61. The van der Waals surface area contributed by atoms with E-state index in [-0.39, 0.29) is 5.56 Å². The van der Waals surface area contributed by atoms with Crippen LogP contribution in [0.15, 0.2) is 53.1 Å². The minimum atomic E-state index is -4.52. The van der Waals surface area contributed by atoms with Crippen LogP contribution in [0, 0.1) is 0 Å². The van der Waals surface area contributed by atoms with Gasteiger partial charge >= 0.3 is 6.18 Å². The normalized spacial score (nSPS) is 11.6. The minimum absolute atomic E-state index is 0.0765. The highest BCUT2D eigenvalue weighted by molar-refractivity contribution is 5.93. The van der Waals surface area contributed by atoms with Gasteiger partial charge in [-0.1, -0.05) is 18.2 Å². The van der Waals surface area contributed by atoms with Crippen LogP contribution in [0.3, 0.4) is 0 Å². The van der Waals surface area contributed by atoms with Crippen LogP contribution in [-0.2, 0) is 12.6 Å². The van der Waals surface area contributed by atoms with Crippen molar-refractivity contribution in [2.45, 2.75) is 12.6 Å². The summed E-state index contributed by atoms with van der Waals surface area (Å²) in [4.78, 5) is 15.2. The molecule has 3 rings (SSSR count). The molecular weight excluding hydrogens is 321 g/mol. The van der Waals surface area contributed by atoms with Gasteiger partial charge in [0.1, 0.15) is 17.0 Å². The standard InChI is InChI=1S/C17H13F3N2O2/c18-17(19,20)15-6-5-12(10-22-15)16(23)21-8-7-13-9-11-3-1-2-4-14(11)24-13/h1-6,9-10H,7-8H2,(H,21,23). The van der Waals surface area contributed by atoms with Gasteiger partial charge < -0.3 is 9.73 Å². The van der Waals surface area contributed by atoms with Crippen molar-refractivity contribution >= 4 is 16.9 Å². The van der Waals surface area contributed by atoms with Gasteiger partial charge in [0.25, 0.3) is 5.91 Å². The molecule has 124 valence electrons. The molecule has 0 aliphatic rings. The molecule has 2 aromatic heterocycles. The van der Waals surface area contributed by atoms with Crippen LogP contribution in [0.1, 0.15) is 21.8 Å². The van der Waals surface area contributed by atoms with Crippen molar-refractivity contribution in [3.05, 3.63) is 65.7 Å². The van der Waals surface area contributed by atoms with E-state index in [1.54, 1.807) is 0 Å². The average Bonchev–Trinajstić information content (AvgIpc) is 2.96. The zero-order chi connectivity index (χ0) is 17.2. The number of aromatic nitrogens is 1. The van der Waals surface area contributed by atoms with Crippen LogP contribution in [0.4, 0.5) is 13.2 Å². The first-order chi connectivity index (χ1) is 11.4. The van der Waals surface area contributed by atoms with Gasteiger partial charge in [-0.05, 0) is 24.3 Å². The van der Waals surface area contributed by atoms with E-state index in [0.717, 1.165) is 35.1 Å². The topological polar surface area (TPSA) is 55.1 Å². The van der Waals surface area contributed by atoms with Gasteiger partial charge in [-0.3, -0.25) is 9.78 Å². The number of halogens is 3. The zero-order valence-corrected chi connectivity index (χ0v) is 12.4. The van der Waals surface area contributed by atoms with E-state index < -0.39 is 17.8 Å². The van der Waals surface area contributed by atoms with Gasteiger partial charge in [-0.15, -0.1) is 0 Å². The maximum Gasteiger partial charge on any atom is 0.433 e. The molecule has 7 heteroatoms. The maximum absolute atomic E-state index is 12.4. The summed E-state index contributed by atoms with van der Waals surface area (Å²) in [6.45, 7) is 0.305. The molecule has 24 heavy (non-hydrogen) atoms. The summed E-state index contributed by atoms with van der Waals surface area (Å²) in [7, 11) is 0. The van der Waals surface area contributed by atoms with Crippen LogP contribution in [0.5, 0.6) is 0 Å². The van der Waals surface area contributed by atoms with E-state index in [2.05, 4.69) is 10.3 Å². The third-order valence-electron chi connectivity index (χ3n) is 3.45.